The Labute approximate surface area is 118 Å². The van der Waals surface area contributed by atoms with Crippen LogP contribution in [0.2, 0.25) is 0 Å². The number of nitrogens with one attached hydrogen (secondary N) is 1. The van der Waals surface area contributed by atoms with Crippen LogP contribution in [0, 0.1) is 5.92 Å². The quantitative estimate of drug-likeness (QED) is 0.734. The molecule has 3 unspecified atom stereocenters. The van der Waals surface area contributed by atoms with Gasteiger partial charge in [-0.25, -0.2) is 0 Å². The van der Waals surface area contributed by atoms with Gasteiger partial charge >= 0.3 is 0 Å². The van der Waals surface area contributed by atoms with Gasteiger partial charge in [-0.3, -0.25) is 0 Å². The molecule has 3 atom stereocenters. The molecule has 2 aliphatic rings. The summed E-state index contributed by atoms with van der Waals surface area (Å²) in [4.78, 5) is 0. The van der Waals surface area contributed by atoms with Crippen molar-refractivity contribution in [3.8, 4) is 0 Å². The zero-order chi connectivity index (χ0) is 13.5. The van der Waals surface area contributed by atoms with Gasteiger partial charge in [-0.2, -0.15) is 0 Å². The van der Waals surface area contributed by atoms with E-state index in [2.05, 4.69) is 19.2 Å². The molecule has 2 aliphatic carbocycles. The molecule has 3 nitrogen and oxygen atoms in total. The lowest BCUT2D eigenvalue weighted by Crippen LogP contribution is -2.60. The summed E-state index contributed by atoms with van der Waals surface area (Å²) in [6.45, 7) is 7.16. The van der Waals surface area contributed by atoms with Crippen molar-refractivity contribution in [2.24, 2.45) is 5.92 Å². The second-order valence-corrected chi connectivity index (χ2v) is 6.11. The highest BCUT2D eigenvalue weighted by molar-refractivity contribution is 4.97. The molecule has 2 rings (SSSR count). The summed E-state index contributed by atoms with van der Waals surface area (Å²) < 4.78 is 12.1. The van der Waals surface area contributed by atoms with E-state index in [1.807, 2.05) is 0 Å². The summed E-state index contributed by atoms with van der Waals surface area (Å²) in [5, 5.41) is 3.50. The third kappa shape index (κ3) is 4.44. The molecular formula is C16H31NO2. The van der Waals surface area contributed by atoms with Gasteiger partial charge in [-0.05, 0) is 38.1 Å². The van der Waals surface area contributed by atoms with E-state index in [0.29, 0.717) is 12.1 Å². The van der Waals surface area contributed by atoms with Crippen LogP contribution in [0.4, 0.5) is 0 Å². The first-order valence-corrected chi connectivity index (χ1v) is 8.31. The van der Waals surface area contributed by atoms with Gasteiger partial charge in [0.05, 0.1) is 12.2 Å². The smallest absolute Gasteiger partial charge is 0.0990 e. The first-order valence-electron chi connectivity index (χ1n) is 8.31. The van der Waals surface area contributed by atoms with Crippen LogP contribution in [0.15, 0.2) is 0 Å². The second-order valence-electron chi connectivity index (χ2n) is 6.11. The van der Waals surface area contributed by atoms with Crippen molar-refractivity contribution in [2.45, 2.75) is 77.0 Å². The highest BCUT2D eigenvalue weighted by Crippen LogP contribution is 2.30. The van der Waals surface area contributed by atoms with Crippen LogP contribution in [0.25, 0.3) is 0 Å². The molecule has 3 heteroatoms. The molecule has 19 heavy (non-hydrogen) atoms. The zero-order valence-corrected chi connectivity index (χ0v) is 12.7. The average molecular weight is 269 g/mol. The van der Waals surface area contributed by atoms with E-state index in [0.717, 1.165) is 38.5 Å². The Kier molecular flexibility index (Phi) is 6.62. The summed E-state index contributed by atoms with van der Waals surface area (Å²) in [5.74, 6) is 0.804. The minimum Gasteiger partial charge on any atom is -0.375 e. The SMILES string of the molecule is CCCOC1C(NCC)CC1OCC1CCCCC1. The van der Waals surface area contributed by atoms with Crippen LogP contribution in [0.1, 0.15) is 58.8 Å². The fraction of sp³-hybridized carbons (Fsp3) is 1.00. The second kappa shape index (κ2) is 8.23. The van der Waals surface area contributed by atoms with E-state index in [4.69, 9.17) is 9.47 Å². The van der Waals surface area contributed by atoms with Crippen molar-refractivity contribution >= 4 is 0 Å². The Morgan fingerprint density at radius 1 is 1.05 bits per heavy atom. The van der Waals surface area contributed by atoms with Gasteiger partial charge in [0.2, 0.25) is 0 Å². The summed E-state index contributed by atoms with van der Waals surface area (Å²) >= 11 is 0. The van der Waals surface area contributed by atoms with Crippen LogP contribution in [0.3, 0.4) is 0 Å². The predicted octanol–water partition coefficient (Wildman–Crippen LogP) is 3.13. The number of rotatable bonds is 8. The molecule has 112 valence electrons. The third-order valence-electron chi connectivity index (χ3n) is 4.50. The zero-order valence-electron chi connectivity index (χ0n) is 12.7. The predicted molar refractivity (Wildman–Crippen MR) is 78.4 cm³/mol. The monoisotopic (exact) mass is 269 g/mol. The van der Waals surface area contributed by atoms with Crippen molar-refractivity contribution in [3.63, 3.8) is 0 Å². The third-order valence-corrected chi connectivity index (χ3v) is 4.50. The standard InChI is InChI=1S/C16H31NO2/c1-3-10-18-16-14(17-4-2)11-15(16)19-12-13-8-6-5-7-9-13/h13-17H,3-12H2,1-2H3. The lowest BCUT2D eigenvalue weighted by atomic mass is 9.84. The molecule has 0 aromatic carbocycles. The topological polar surface area (TPSA) is 30.5 Å². The van der Waals surface area contributed by atoms with Gasteiger partial charge in [-0.1, -0.05) is 33.1 Å². The minimum atomic E-state index is 0.281. The molecule has 0 aromatic rings. The minimum absolute atomic E-state index is 0.281. The Bertz CT molecular complexity index is 241. The highest BCUT2D eigenvalue weighted by Gasteiger charge is 2.42. The maximum atomic E-state index is 6.14. The lowest BCUT2D eigenvalue weighted by Gasteiger charge is -2.44. The molecule has 2 saturated carbocycles. The molecule has 0 amide bonds. The fourth-order valence-corrected chi connectivity index (χ4v) is 3.30. The van der Waals surface area contributed by atoms with Gasteiger partial charge < -0.3 is 14.8 Å². The van der Waals surface area contributed by atoms with E-state index in [9.17, 15) is 0 Å². The lowest BCUT2D eigenvalue weighted by molar-refractivity contribution is -0.153. The van der Waals surface area contributed by atoms with E-state index in [1.54, 1.807) is 0 Å². The first kappa shape index (κ1) is 15.3. The molecule has 0 aliphatic heterocycles. The molecule has 2 fully saturated rings. The van der Waals surface area contributed by atoms with Crippen molar-refractivity contribution < 1.29 is 9.47 Å². The normalized spacial score (nSPS) is 32.2. The molecule has 0 saturated heterocycles. The first-order chi connectivity index (χ1) is 9.35. The summed E-state index contributed by atoms with van der Waals surface area (Å²) in [7, 11) is 0. The maximum Gasteiger partial charge on any atom is 0.0990 e. The van der Waals surface area contributed by atoms with Gasteiger partial charge in [0.1, 0.15) is 0 Å². The van der Waals surface area contributed by atoms with Gasteiger partial charge in [0, 0.05) is 19.3 Å². The highest BCUT2D eigenvalue weighted by atomic mass is 16.5. The van der Waals surface area contributed by atoms with Crippen LogP contribution in [-0.4, -0.2) is 38.0 Å². The van der Waals surface area contributed by atoms with E-state index < -0.39 is 0 Å². The molecule has 1 N–H and O–H groups in total. The number of ether oxygens (including phenoxy) is 2. The molecule has 0 heterocycles. The summed E-state index contributed by atoms with van der Waals surface area (Å²) in [6, 6.07) is 0.507. The van der Waals surface area contributed by atoms with E-state index in [1.165, 1.54) is 32.1 Å². The Hall–Kier alpha value is -0.120. The Balaban J connectivity index is 1.69. The van der Waals surface area contributed by atoms with Crippen molar-refractivity contribution in [3.05, 3.63) is 0 Å². The molecule has 0 spiro atoms. The largest absolute Gasteiger partial charge is 0.375 e. The van der Waals surface area contributed by atoms with Gasteiger partial charge in [0.15, 0.2) is 0 Å². The van der Waals surface area contributed by atoms with Crippen molar-refractivity contribution in [1.82, 2.24) is 5.32 Å². The average Bonchev–Trinajstić information content (AvgIpc) is 2.43. The maximum absolute atomic E-state index is 6.14. The van der Waals surface area contributed by atoms with Gasteiger partial charge in [-0.15, -0.1) is 0 Å². The van der Waals surface area contributed by atoms with Crippen LogP contribution in [-0.2, 0) is 9.47 Å². The van der Waals surface area contributed by atoms with Crippen molar-refractivity contribution in [1.29, 1.82) is 0 Å². The molecule has 0 aromatic heterocycles. The summed E-state index contributed by atoms with van der Waals surface area (Å²) in [6.07, 6.45) is 9.77. The fourth-order valence-electron chi connectivity index (χ4n) is 3.30. The van der Waals surface area contributed by atoms with E-state index >= 15 is 0 Å². The van der Waals surface area contributed by atoms with Crippen LogP contribution in [0.5, 0.6) is 0 Å². The summed E-state index contributed by atoms with van der Waals surface area (Å²) in [5.41, 5.74) is 0. The number of likely N-dealkylation sites (N-methyl/N-ethyl adjacent to an activating group) is 1. The molecular weight excluding hydrogens is 238 g/mol. The number of hydrogen-bond donors (Lipinski definition) is 1. The Morgan fingerprint density at radius 2 is 1.84 bits per heavy atom. The van der Waals surface area contributed by atoms with Crippen LogP contribution >= 0.6 is 0 Å². The molecule has 0 bridgehead atoms. The van der Waals surface area contributed by atoms with E-state index in [-0.39, 0.29) is 6.10 Å². The Morgan fingerprint density at radius 3 is 2.53 bits per heavy atom. The number of hydrogen-bond acceptors (Lipinski definition) is 3. The van der Waals surface area contributed by atoms with Gasteiger partial charge in [0.25, 0.3) is 0 Å². The van der Waals surface area contributed by atoms with Crippen molar-refractivity contribution in [2.75, 3.05) is 19.8 Å². The molecule has 0 radical (unpaired) electrons. The van der Waals surface area contributed by atoms with Crippen LogP contribution < -0.4 is 5.32 Å².